The first-order valence-corrected chi connectivity index (χ1v) is 6.28. The summed E-state index contributed by atoms with van der Waals surface area (Å²) in [5.74, 6) is -0.983. The van der Waals surface area contributed by atoms with E-state index in [0.717, 1.165) is 10.9 Å². The van der Waals surface area contributed by atoms with Gasteiger partial charge in [0.1, 0.15) is 0 Å². The van der Waals surface area contributed by atoms with Gasteiger partial charge in [-0.15, -0.1) is 0 Å². The number of aromatic carboxylic acids is 1. The lowest BCUT2D eigenvalue weighted by atomic mass is 10.1. The fourth-order valence-corrected chi connectivity index (χ4v) is 2.21. The van der Waals surface area contributed by atoms with Crippen LogP contribution >= 0.6 is 0 Å². The number of hydrogen-bond donors (Lipinski definition) is 1. The zero-order valence-electron chi connectivity index (χ0n) is 10.9. The lowest BCUT2D eigenvalue weighted by molar-refractivity contribution is 0.0696. The van der Waals surface area contributed by atoms with Gasteiger partial charge >= 0.3 is 5.97 Å². The molecule has 0 saturated carbocycles. The quantitative estimate of drug-likeness (QED) is 0.792. The Morgan fingerprint density at radius 3 is 2.70 bits per heavy atom. The predicted octanol–water partition coefficient (Wildman–Crippen LogP) is 2.74. The summed E-state index contributed by atoms with van der Waals surface area (Å²) in [4.78, 5) is 15.2. The summed E-state index contributed by atoms with van der Waals surface area (Å²) < 4.78 is 1.80. The molecule has 0 aliphatic heterocycles. The van der Waals surface area contributed by atoms with Gasteiger partial charge in [0.05, 0.1) is 17.8 Å². The largest absolute Gasteiger partial charge is 0.478 e. The Morgan fingerprint density at radius 1 is 1.25 bits per heavy atom. The Hall–Kier alpha value is -2.69. The van der Waals surface area contributed by atoms with Crippen LogP contribution in [0.1, 0.15) is 28.9 Å². The van der Waals surface area contributed by atoms with Gasteiger partial charge in [-0.05, 0) is 18.6 Å². The summed E-state index contributed by atoms with van der Waals surface area (Å²) in [6.07, 6.45) is 3.01. The third-order valence-corrected chi connectivity index (χ3v) is 3.33. The molecule has 2 aromatic heterocycles. The molecule has 0 saturated heterocycles. The van der Waals surface area contributed by atoms with Crippen LogP contribution in [0, 0.1) is 0 Å². The molecule has 3 aromatic rings. The zero-order chi connectivity index (χ0) is 14.1. The van der Waals surface area contributed by atoms with Crippen molar-refractivity contribution in [2.75, 3.05) is 0 Å². The standard InChI is InChI=1S/C15H13N3O2/c1-10(11-5-3-2-4-6-11)18-14-12(9-17-18)7-13(8-16-14)15(19)20/h2-10H,1H3,(H,19,20)/t10-/m0/s1. The number of aromatic nitrogens is 3. The molecular weight excluding hydrogens is 254 g/mol. The number of fused-ring (bicyclic) bond motifs is 1. The molecule has 100 valence electrons. The predicted molar refractivity (Wildman–Crippen MR) is 74.7 cm³/mol. The van der Waals surface area contributed by atoms with E-state index in [-0.39, 0.29) is 11.6 Å². The van der Waals surface area contributed by atoms with Crippen molar-refractivity contribution in [2.24, 2.45) is 0 Å². The summed E-state index contributed by atoms with van der Waals surface area (Å²) in [7, 11) is 0. The Bertz CT molecular complexity index is 765. The van der Waals surface area contributed by atoms with Crippen LogP contribution in [0.3, 0.4) is 0 Å². The monoisotopic (exact) mass is 267 g/mol. The van der Waals surface area contributed by atoms with Gasteiger partial charge in [0.2, 0.25) is 0 Å². The Balaban J connectivity index is 2.07. The zero-order valence-corrected chi connectivity index (χ0v) is 10.9. The number of pyridine rings is 1. The first kappa shape index (κ1) is 12.3. The number of rotatable bonds is 3. The average Bonchev–Trinajstić information content (AvgIpc) is 2.90. The molecule has 1 N–H and O–H groups in total. The number of carboxylic acid groups (broad SMARTS) is 1. The first-order chi connectivity index (χ1) is 9.66. The molecule has 20 heavy (non-hydrogen) atoms. The SMILES string of the molecule is C[C@@H](c1ccccc1)n1ncc2cc(C(=O)O)cnc21. The third-order valence-electron chi connectivity index (χ3n) is 3.33. The van der Waals surface area contributed by atoms with E-state index in [1.807, 2.05) is 37.3 Å². The smallest absolute Gasteiger partial charge is 0.337 e. The minimum atomic E-state index is -0.983. The van der Waals surface area contributed by atoms with E-state index in [4.69, 9.17) is 5.11 Å². The molecule has 0 amide bonds. The van der Waals surface area contributed by atoms with Crippen molar-refractivity contribution in [1.82, 2.24) is 14.8 Å². The Morgan fingerprint density at radius 2 is 2.00 bits per heavy atom. The molecule has 0 fully saturated rings. The van der Waals surface area contributed by atoms with E-state index < -0.39 is 5.97 Å². The van der Waals surface area contributed by atoms with E-state index in [0.29, 0.717) is 5.65 Å². The van der Waals surface area contributed by atoms with Gasteiger partial charge in [-0.3, -0.25) is 0 Å². The second-order valence-electron chi connectivity index (χ2n) is 4.62. The summed E-state index contributed by atoms with van der Waals surface area (Å²) in [6, 6.07) is 11.6. The van der Waals surface area contributed by atoms with Gasteiger partial charge in [0.15, 0.2) is 5.65 Å². The number of nitrogens with zero attached hydrogens (tertiary/aromatic N) is 3. The van der Waals surface area contributed by atoms with Gasteiger partial charge in [-0.1, -0.05) is 30.3 Å². The summed E-state index contributed by atoms with van der Waals surface area (Å²) in [5.41, 5.74) is 1.98. The molecule has 3 rings (SSSR count). The van der Waals surface area contributed by atoms with Crippen LogP contribution in [0.15, 0.2) is 48.8 Å². The number of carboxylic acids is 1. The van der Waals surface area contributed by atoms with Crippen LogP contribution in [-0.2, 0) is 0 Å². The van der Waals surface area contributed by atoms with Crippen LogP contribution in [-0.4, -0.2) is 25.8 Å². The van der Waals surface area contributed by atoms with Crippen LogP contribution in [0.4, 0.5) is 0 Å². The average molecular weight is 267 g/mol. The van der Waals surface area contributed by atoms with Gasteiger partial charge < -0.3 is 5.11 Å². The van der Waals surface area contributed by atoms with Crippen molar-refractivity contribution in [2.45, 2.75) is 13.0 Å². The fraction of sp³-hybridized carbons (Fsp3) is 0.133. The molecule has 0 radical (unpaired) electrons. The summed E-state index contributed by atoms with van der Waals surface area (Å²) >= 11 is 0. The lowest BCUT2D eigenvalue weighted by Crippen LogP contribution is -2.09. The maximum absolute atomic E-state index is 10.9. The van der Waals surface area contributed by atoms with Crippen molar-refractivity contribution in [3.63, 3.8) is 0 Å². The van der Waals surface area contributed by atoms with E-state index in [9.17, 15) is 4.79 Å². The minimum absolute atomic E-state index is 0.0388. The summed E-state index contributed by atoms with van der Waals surface area (Å²) in [6.45, 7) is 2.04. The maximum atomic E-state index is 10.9. The van der Waals surface area contributed by atoms with Crippen LogP contribution < -0.4 is 0 Å². The van der Waals surface area contributed by atoms with Crippen molar-refractivity contribution < 1.29 is 9.90 Å². The number of carbonyl (C=O) groups is 1. The normalized spacial score (nSPS) is 12.4. The second kappa shape index (κ2) is 4.77. The molecule has 5 heteroatoms. The molecule has 0 aliphatic rings. The molecule has 0 bridgehead atoms. The Kier molecular flexibility index (Phi) is 2.95. The molecule has 0 spiro atoms. The van der Waals surface area contributed by atoms with Crippen LogP contribution in [0.2, 0.25) is 0 Å². The first-order valence-electron chi connectivity index (χ1n) is 6.28. The highest BCUT2D eigenvalue weighted by Gasteiger charge is 2.14. The highest BCUT2D eigenvalue weighted by Crippen LogP contribution is 2.22. The number of benzene rings is 1. The van der Waals surface area contributed by atoms with Crippen molar-refractivity contribution in [3.05, 3.63) is 59.9 Å². The van der Waals surface area contributed by atoms with Crippen LogP contribution in [0.25, 0.3) is 11.0 Å². The summed E-state index contributed by atoms with van der Waals surface area (Å²) in [5, 5.41) is 14.0. The Labute approximate surface area is 115 Å². The van der Waals surface area contributed by atoms with Gasteiger partial charge in [0.25, 0.3) is 0 Å². The van der Waals surface area contributed by atoms with Gasteiger partial charge in [-0.2, -0.15) is 5.10 Å². The molecular formula is C15H13N3O2. The van der Waals surface area contributed by atoms with Crippen molar-refractivity contribution in [3.8, 4) is 0 Å². The third kappa shape index (κ3) is 2.03. The van der Waals surface area contributed by atoms with Gasteiger partial charge in [0, 0.05) is 11.6 Å². The lowest BCUT2D eigenvalue weighted by Gasteiger charge is -2.13. The van der Waals surface area contributed by atoms with Gasteiger partial charge in [-0.25, -0.2) is 14.5 Å². The second-order valence-corrected chi connectivity index (χ2v) is 4.62. The highest BCUT2D eigenvalue weighted by atomic mass is 16.4. The molecule has 5 nitrogen and oxygen atoms in total. The number of hydrogen-bond acceptors (Lipinski definition) is 3. The van der Waals surface area contributed by atoms with Crippen molar-refractivity contribution in [1.29, 1.82) is 0 Å². The minimum Gasteiger partial charge on any atom is -0.478 e. The molecule has 2 heterocycles. The molecule has 0 unspecified atom stereocenters. The molecule has 0 aliphatic carbocycles. The van der Waals surface area contributed by atoms with E-state index in [1.165, 1.54) is 6.20 Å². The van der Waals surface area contributed by atoms with E-state index >= 15 is 0 Å². The maximum Gasteiger partial charge on any atom is 0.337 e. The topological polar surface area (TPSA) is 68.0 Å². The molecule has 1 atom stereocenters. The highest BCUT2D eigenvalue weighted by molar-refractivity contribution is 5.91. The van der Waals surface area contributed by atoms with Crippen LogP contribution in [0.5, 0.6) is 0 Å². The van der Waals surface area contributed by atoms with E-state index in [2.05, 4.69) is 10.1 Å². The van der Waals surface area contributed by atoms with E-state index in [1.54, 1.807) is 16.9 Å². The molecule has 1 aromatic carbocycles. The van der Waals surface area contributed by atoms with Crippen molar-refractivity contribution >= 4 is 17.0 Å². The fourth-order valence-electron chi connectivity index (χ4n) is 2.21.